The van der Waals surface area contributed by atoms with E-state index in [2.05, 4.69) is 10.3 Å². The minimum Gasteiger partial charge on any atom is -0.467 e. The molecule has 0 radical (unpaired) electrons. The number of hydrogen-bond donors (Lipinski definition) is 1. The lowest BCUT2D eigenvalue weighted by molar-refractivity contribution is -0.141. The zero-order valence-corrected chi connectivity index (χ0v) is 19.6. The number of benzene rings is 1. The molecule has 1 amide bonds. The van der Waals surface area contributed by atoms with Gasteiger partial charge in [0.05, 0.1) is 43.1 Å². The van der Waals surface area contributed by atoms with Crippen LogP contribution in [0.3, 0.4) is 0 Å². The van der Waals surface area contributed by atoms with Gasteiger partial charge in [-0.3, -0.25) is 4.79 Å². The van der Waals surface area contributed by atoms with E-state index in [4.69, 9.17) is 13.9 Å². The Hall–Kier alpha value is -3.37. The summed E-state index contributed by atoms with van der Waals surface area (Å²) in [4.78, 5) is 32.0. The molecule has 8 nitrogen and oxygen atoms in total. The van der Waals surface area contributed by atoms with Crippen molar-refractivity contribution in [2.75, 3.05) is 20.3 Å². The van der Waals surface area contributed by atoms with Gasteiger partial charge < -0.3 is 24.1 Å². The first-order chi connectivity index (χ1) is 16.5. The molecule has 2 aromatic rings. The lowest BCUT2D eigenvalue weighted by Gasteiger charge is -2.36. The predicted molar refractivity (Wildman–Crippen MR) is 125 cm³/mol. The van der Waals surface area contributed by atoms with E-state index in [9.17, 15) is 14.0 Å². The Balaban J connectivity index is 1.62. The van der Waals surface area contributed by atoms with Crippen molar-refractivity contribution in [3.05, 3.63) is 82.2 Å². The number of hydrogen-bond acceptors (Lipinski definition) is 8. The molecule has 2 aliphatic heterocycles. The van der Waals surface area contributed by atoms with Gasteiger partial charge in [-0.05, 0) is 30.5 Å². The van der Waals surface area contributed by atoms with Gasteiger partial charge in [-0.15, -0.1) is 0 Å². The minimum absolute atomic E-state index is 0.0166. The van der Waals surface area contributed by atoms with E-state index in [-0.39, 0.29) is 43.2 Å². The Kier molecular flexibility index (Phi) is 7.49. The van der Waals surface area contributed by atoms with Crippen molar-refractivity contribution in [3.63, 3.8) is 0 Å². The van der Waals surface area contributed by atoms with Crippen LogP contribution in [0.2, 0.25) is 0 Å². The summed E-state index contributed by atoms with van der Waals surface area (Å²) in [6.07, 6.45) is 1.55. The van der Waals surface area contributed by atoms with Gasteiger partial charge in [0.25, 0.3) is 0 Å². The number of amides is 1. The Morgan fingerprint density at radius 3 is 2.79 bits per heavy atom. The maximum atomic E-state index is 15.0. The van der Waals surface area contributed by atoms with Crippen LogP contribution in [0.1, 0.15) is 30.7 Å². The second kappa shape index (κ2) is 10.7. The monoisotopic (exact) mass is 485 g/mol. The topological polar surface area (TPSA) is 93.4 Å². The molecular weight excluding hydrogens is 461 g/mol. The first kappa shape index (κ1) is 23.8. The second-order valence-corrected chi connectivity index (χ2v) is 8.41. The molecular formula is C24H24FN3O5S. The van der Waals surface area contributed by atoms with Crippen LogP contribution in [0.5, 0.6) is 0 Å². The number of esters is 1. The van der Waals surface area contributed by atoms with Crippen molar-refractivity contribution >= 4 is 28.8 Å². The van der Waals surface area contributed by atoms with Crippen LogP contribution < -0.4 is 5.32 Å². The molecule has 0 saturated heterocycles. The molecule has 1 N–H and O–H groups in total. The maximum Gasteiger partial charge on any atom is 0.338 e. The Morgan fingerprint density at radius 1 is 1.24 bits per heavy atom. The van der Waals surface area contributed by atoms with Crippen LogP contribution >= 0.6 is 11.8 Å². The van der Waals surface area contributed by atoms with Crippen LogP contribution in [-0.2, 0) is 25.6 Å². The number of aliphatic imine (C=N–C) groups is 1. The minimum atomic E-state index is -0.831. The Morgan fingerprint density at radius 2 is 2.06 bits per heavy atom. The first-order valence-electron chi connectivity index (χ1n) is 10.6. The van der Waals surface area contributed by atoms with Crippen molar-refractivity contribution < 1.29 is 27.9 Å². The number of fused-ring (bicyclic) bond motifs is 1. The number of carbonyl (C=O) groups excluding carboxylic acids is 2. The fourth-order valence-electron chi connectivity index (χ4n) is 3.74. The third kappa shape index (κ3) is 5.07. The molecule has 0 saturated carbocycles. The standard InChI is InChI=1S/C24H24FN3O5S/c1-15-21(23(30)33-11-10-31-2)22(18-7-3-4-8-19(18)25)28-16(14-34-24(28)27-15)12-20(29)26-13-17-6-5-9-32-17/h3-9,14,22H,10-13H2,1-2H3,(H,26,29)/t22-/m0/s1. The van der Waals surface area contributed by atoms with Gasteiger partial charge in [0.2, 0.25) is 5.91 Å². The SMILES string of the molecule is COCCOC(=O)C1=C(C)N=C2SC=C(CC(=O)NCc3ccco3)N2[C@H]1c1ccccc1F. The smallest absolute Gasteiger partial charge is 0.338 e. The van der Waals surface area contributed by atoms with Crippen LogP contribution in [0.15, 0.2) is 74.4 Å². The highest BCUT2D eigenvalue weighted by atomic mass is 32.2. The second-order valence-electron chi connectivity index (χ2n) is 7.58. The average molecular weight is 486 g/mol. The van der Waals surface area contributed by atoms with Crippen LogP contribution in [0, 0.1) is 5.82 Å². The number of rotatable bonds is 9. The molecule has 2 aliphatic rings. The summed E-state index contributed by atoms with van der Waals surface area (Å²) in [5, 5.41) is 5.17. The van der Waals surface area contributed by atoms with E-state index >= 15 is 0 Å². The molecule has 1 atom stereocenters. The lowest BCUT2D eigenvalue weighted by Crippen LogP contribution is -2.38. The number of allylic oxidation sites excluding steroid dienone is 1. The van der Waals surface area contributed by atoms with Gasteiger partial charge in [0.1, 0.15) is 18.2 Å². The summed E-state index contributed by atoms with van der Waals surface area (Å²) in [5.41, 5.74) is 1.54. The van der Waals surface area contributed by atoms with Gasteiger partial charge in [-0.2, -0.15) is 0 Å². The van der Waals surface area contributed by atoms with E-state index in [0.29, 0.717) is 22.3 Å². The van der Waals surface area contributed by atoms with Gasteiger partial charge in [-0.25, -0.2) is 14.2 Å². The van der Waals surface area contributed by atoms with Crippen LogP contribution in [-0.4, -0.2) is 42.3 Å². The number of furan rings is 1. The first-order valence-corrected chi connectivity index (χ1v) is 11.5. The quantitative estimate of drug-likeness (QED) is 0.425. The number of nitrogens with one attached hydrogen (secondary N) is 1. The van der Waals surface area contributed by atoms with Gasteiger partial charge in [-0.1, -0.05) is 30.0 Å². The number of amidine groups is 1. The number of nitrogens with zero attached hydrogens (tertiary/aromatic N) is 2. The fraction of sp³-hybridized carbons (Fsp3) is 0.292. The highest BCUT2D eigenvalue weighted by molar-refractivity contribution is 8.16. The van der Waals surface area contributed by atoms with E-state index in [0.717, 1.165) is 0 Å². The van der Waals surface area contributed by atoms with Gasteiger partial charge >= 0.3 is 5.97 Å². The van der Waals surface area contributed by atoms with Crippen molar-refractivity contribution in [2.45, 2.75) is 25.9 Å². The van der Waals surface area contributed by atoms with E-state index < -0.39 is 17.8 Å². The predicted octanol–water partition coefficient (Wildman–Crippen LogP) is 3.89. The summed E-state index contributed by atoms with van der Waals surface area (Å²) in [5.74, 6) is -0.689. The summed E-state index contributed by atoms with van der Waals surface area (Å²) in [6.45, 7) is 2.23. The highest BCUT2D eigenvalue weighted by Crippen LogP contribution is 2.45. The Labute approximate surface area is 200 Å². The maximum absolute atomic E-state index is 15.0. The summed E-state index contributed by atoms with van der Waals surface area (Å²) in [7, 11) is 1.51. The Bertz CT molecular complexity index is 1160. The number of ether oxygens (including phenoxy) is 2. The zero-order valence-electron chi connectivity index (χ0n) is 18.7. The number of methoxy groups -OCH3 is 1. The molecule has 0 aliphatic carbocycles. The molecule has 0 spiro atoms. The van der Waals surface area contributed by atoms with Crippen molar-refractivity contribution in [2.24, 2.45) is 4.99 Å². The lowest BCUT2D eigenvalue weighted by atomic mass is 9.93. The molecule has 4 rings (SSSR count). The molecule has 0 bridgehead atoms. The van der Waals surface area contributed by atoms with Gasteiger partial charge in [0, 0.05) is 18.4 Å². The number of carbonyl (C=O) groups is 2. The molecule has 3 heterocycles. The van der Waals surface area contributed by atoms with Crippen molar-refractivity contribution in [3.8, 4) is 0 Å². The summed E-state index contributed by atoms with van der Waals surface area (Å²) >= 11 is 1.32. The average Bonchev–Trinajstić information content (AvgIpc) is 3.47. The third-order valence-electron chi connectivity index (χ3n) is 5.32. The zero-order chi connectivity index (χ0) is 24.1. The third-order valence-corrected chi connectivity index (χ3v) is 6.21. The normalized spacial score (nSPS) is 17.3. The largest absolute Gasteiger partial charge is 0.467 e. The van der Waals surface area contributed by atoms with Crippen LogP contribution in [0.25, 0.3) is 0 Å². The molecule has 34 heavy (non-hydrogen) atoms. The molecule has 0 unspecified atom stereocenters. The molecule has 0 fully saturated rings. The highest BCUT2D eigenvalue weighted by Gasteiger charge is 2.42. The van der Waals surface area contributed by atoms with Crippen LogP contribution in [0.4, 0.5) is 4.39 Å². The van der Waals surface area contributed by atoms with Crippen molar-refractivity contribution in [1.82, 2.24) is 10.2 Å². The van der Waals surface area contributed by atoms with E-state index in [1.165, 1.54) is 31.2 Å². The van der Waals surface area contributed by atoms with Crippen molar-refractivity contribution in [1.29, 1.82) is 0 Å². The number of halogens is 1. The van der Waals surface area contributed by atoms with E-state index in [1.54, 1.807) is 47.6 Å². The fourth-order valence-corrected chi connectivity index (χ4v) is 4.71. The van der Waals surface area contributed by atoms with E-state index in [1.807, 2.05) is 0 Å². The summed E-state index contributed by atoms with van der Waals surface area (Å²) in [6, 6.07) is 8.93. The molecule has 1 aromatic carbocycles. The van der Waals surface area contributed by atoms with Gasteiger partial charge in [0.15, 0.2) is 5.17 Å². The summed E-state index contributed by atoms with van der Waals surface area (Å²) < 4.78 is 30.6. The molecule has 178 valence electrons. The number of thioether (sulfide) groups is 1. The molecule has 10 heteroatoms. The molecule has 1 aromatic heterocycles.